The summed E-state index contributed by atoms with van der Waals surface area (Å²) in [7, 11) is 0. The highest BCUT2D eigenvalue weighted by atomic mass is 19.4. The molecule has 1 aromatic rings. The van der Waals surface area contributed by atoms with Gasteiger partial charge in [0, 0.05) is 19.2 Å². The summed E-state index contributed by atoms with van der Waals surface area (Å²) < 4.78 is 37.9. The van der Waals surface area contributed by atoms with Crippen LogP contribution in [0, 0.1) is 5.92 Å². The highest BCUT2D eigenvalue weighted by Gasteiger charge is 2.36. The SMILES string of the molecule is CCCC1CCN(c2cc(N)nc(C(F)(F)F)n2)C1. The van der Waals surface area contributed by atoms with Crippen molar-refractivity contribution in [2.45, 2.75) is 32.4 Å². The van der Waals surface area contributed by atoms with Gasteiger partial charge in [0.25, 0.3) is 0 Å². The maximum Gasteiger partial charge on any atom is 0.451 e. The second-order valence-electron chi connectivity index (χ2n) is 4.86. The zero-order chi connectivity index (χ0) is 14.0. The molecule has 2 rings (SSSR count). The van der Waals surface area contributed by atoms with Crippen molar-refractivity contribution in [3.8, 4) is 0 Å². The van der Waals surface area contributed by atoms with E-state index in [2.05, 4.69) is 16.9 Å². The van der Waals surface area contributed by atoms with Gasteiger partial charge in [-0.2, -0.15) is 13.2 Å². The molecule has 1 atom stereocenters. The largest absolute Gasteiger partial charge is 0.451 e. The van der Waals surface area contributed by atoms with Gasteiger partial charge in [-0.15, -0.1) is 0 Å². The predicted molar refractivity (Wildman–Crippen MR) is 66.7 cm³/mol. The summed E-state index contributed by atoms with van der Waals surface area (Å²) in [6.45, 7) is 3.56. The number of rotatable bonds is 3. The Morgan fingerprint density at radius 3 is 2.79 bits per heavy atom. The average molecular weight is 274 g/mol. The molecule has 2 N–H and O–H groups in total. The van der Waals surface area contributed by atoms with Crippen LogP contribution in [0.25, 0.3) is 0 Å². The minimum Gasteiger partial charge on any atom is -0.384 e. The number of hydrogen-bond acceptors (Lipinski definition) is 4. The van der Waals surface area contributed by atoms with Gasteiger partial charge in [-0.05, 0) is 18.8 Å². The van der Waals surface area contributed by atoms with Gasteiger partial charge in [0.1, 0.15) is 11.6 Å². The molecule has 0 spiro atoms. The molecule has 0 aliphatic carbocycles. The molecule has 0 saturated carbocycles. The zero-order valence-corrected chi connectivity index (χ0v) is 10.7. The van der Waals surface area contributed by atoms with Crippen LogP contribution >= 0.6 is 0 Å². The Kier molecular flexibility index (Phi) is 3.82. The first-order valence-corrected chi connectivity index (χ1v) is 6.37. The number of alkyl halides is 3. The molecule has 2 heterocycles. The summed E-state index contributed by atoms with van der Waals surface area (Å²) in [5.41, 5.74) is 5.44. The first kappa shape index (κ1) is 13.9. The topological polar surface area (TPSA) is 55.0 Å². The Morgan fingerprint density at radius 2 is 2.16 bits per heavy atom. The van der Waals surface area contributed by atoms with Gasteiger partial charge in [-0.1, -0.05) is 13.3 Å². The minimum absolute atomic E-state index is 0.142. The minimum atomic E-state index is -4.56. The van der Waals surface area contributed by atoms with Gasteiger partial charge in [-0.25, -0.2) is 9.97 Å². The molecule has 0 bridgehead atoms. The number of nitrogens with zero attached hydrogens (tertiary/aromatic N) is 3. The molecule has 1 aliphatic heterocycles. The fourth-order valence-electron chi connectivity index (χ4n) is 2.43. The molecule has 19 heavy (non-hydrogen) atoms. The molecule has 4 nitrogen and oxygen atoms in total. The van der Waals surface area contributed by atoms with Crippen molar-refractivity contribution in [3.05, 3.63) is 11.9 Å². The van der Waals surface area contributed by atoms with Crippen molar-refractivity contribution in [3.63, 3.8) is 0 Å². The van der Waals surface area contributed by atoms with Crippen LogP contribution in [-0.2, 0) is 6.18 Å². The van der Waals surface area contributed by atoms with E-state index in [0.717, 1.165) is 32.4 Å². The average Bonchev–Trinajstić information content (AvgIpc) is 2.76. The van der Waals surface area contributed by atoms with Crippen molar-refractivity contribution >= 4 is 11.6 Å². The summed E-state index contributed by atoms with van der Waals surface area (Å²) >= 11 is 0. The number of halogens is 3. The van der Waals surface area contributed by atoms with Crippen LogP contribution in [0.5, 0.6) is 0 Å². The molecule has 0 aromatic carbocycles. The lowest BCUT2D eigenvalue weighted by Gasteiger charge is -2.19. The first-order chi connectivity index (χ1) is 8.90. The Bertz CT molecular complexity index is 447. The van der Waals surface area contributed by atoms with E-state index in [4.69, 9.17) is 5.73 Å². The molecule has 0 radical (unpaired) electrons. The highest BCUT2D eigenvalue weighted by Crippen LogP contribution is 2.31. The second kappa shape index (κ2) is 5.22. The summed E-state index contributed by atoms with van der Waals surface area (Å²) in [6.07, 6.45) is -1.41. The molecule has 1 aliphatic rings. The summed E-state index contributed by atoms with van der Waals surface area (Å²) in [4.78, 5) is 8.69. The lowest BCUT2D eigenvalue weighted by atomic mass is 10.0. The quantitative estimate of drug-likeness (QED) is 0.920. The monoisotopic (exact) mass is 274 g/mol. The van der Waals surface area contributed by atoms with Crippen molar-refractivity contribution < 1.29 is 13.2 Å². The van der Waals surface area contributed by atoms with E-state index in [9.17, 15) is 13.2 Å². The van der Waals surface area contributed by atoms with Crippen LogP contribution in [0.2, 0.25) is 0 Å². The lowest BCUT2D eigenvalue weighted by molar-refractivity contribution is -0.144. The molecular weight excluding hydrogens is 257 g/mol. The number of anilines is 2. The smallest absolute Gasteiger partial charge is 0.384 e. The van der Waals surface area contributed by atoms with Crippen molar-refractivity contribution in [2.75, 3.05) is 23.7 Å². The zero-order valence-electron chi connectivity index (χ0n) is 10.7. The van der Waals surface area contributed by atoms with Crippen molar-refractivity contribution in [2.24, 2.45) is 5.92 Å². The van der Waals surface area contributed by atoms with Gasteiger partial charge in [0.05, 0.1) is 0 Å². The van der Waals surface area contributed by atoms with E-state index < -0.39 is 12.0 Å². The Labute approximate surface area is 109 Å². The van der Waals surface area contributed by atoms with Crippen LogP contribution in [0.3, 0.4) is 0 Å². The van der Waals surface area contributed by atoms with E-state index in [1.165, 1.54) is 6.07 Å². The van der Waals surface area contributed by atoms with E-state index in [1.807, 2.05) is 4.90 Å². The summed E-state index contributed by atoms with van der Waals surface area (Å²) in [6, 6.07) is 1.41. The van der Waals surface area contributed by atoms with Gasteiger partial charge in [0.2, 0.25) is 5.82 Å². The number of hydrogen-bond donors (Lipinski definition) is 1. The Balaban J connectivity index is 2.19. The summed E-state index contributed by atoms with van der Waals surface area (Å²) in [5.74, 6) is -0.508. The van der Waals surface area contributed by atoms with Gasteiger partial charge in [-0.3, -0.25) is 0 Å². The molecule has 0 amide bonds. The van der Waals surface area contributed by atoms with E-state index in [1.54, 1.807) is 0 Å². The van der Waals surface area contributed by atoms with Crippen LogP contribution in [0.1, 0.15) is 32.0 Å². The maximum atomic E-state index is 12.6. The molecule has 1 fully saturated rings. The van der Waals surface area contributed by atoms with Gasteiger partial charge in [0.15, 0.2) is 0 Å². The first-order valence-electron chi connectivity index (χ1n) is 6.37. The van der Waals surface area contributed by atoms with Crippen molar-refractivity contribution in [1.29, 1.82) is 0 Å². The third-order valence-electron chi connectivity index (χ3n) is 3.29. The molecule has 1 aromatic heterocycles. The van der Waals surface area contributed by atoms with Crippen LogP contribution in [0.4, 0.5) is 24.8 Å². The van der Waals surface area contributed by atoms with E-state index >= 15 is 0 Å². The maximum absolute atomic E-state index is 12.6. The summed E-state index contributed by atoms with van der Waals surface area (Å²) in [5, 5.41) is 0. The third kappa shape index (κ3) is 3.27. The lowest BCUT2D eigenvalue weighted by Crippen LogP contribution is -2.23. The molecule has 1 saturated heterocycles. The molecule has 106 valence electrons. The van der Waals surface area contributed by atoms with Crippen LogP contribution < -0.4 is 10.6 Å². The molecule has 1 unspecified atom stereocenters. The Morgan fingerprint density at radius 1 is 1.42 bits per heavy atom. The Hall–Kier alpha value is -1.53. The fraction of sp³-hybridized carbons (Fsp3) is 0.667. The number of nitrogen functional groups attached to an aromatic ring is 1. The number of nitrogens with two attached hydrogens (primary N) is 1. The number of aromatic nitrogens is 2. The second-order valence-corrected chi connectivity index (χ2v) is 4.86. The van der Waals surface area contributed by atoms with Crippen LogP contribution in [0.15, 0.2) is 6.07 Å². The molecule has 7 heteroatoms. The van der Waals surface area contributed by atoms with Gasteiger partial charge >= 0.3 is 6.18 Å². The molecular formula is C12H17F3N4. The fourth-order valence-corrected chi connectivity index (χ4v) is 2.43. The van der Waals surface area contributed by atoms with Crippen LogP contribution in [-0.4, -0.2) is 23.1 Å². The predicted octanol–water partition coefficient (Wildman–Crippen LogP) is 2.70. The highest BCUT2D eigenvalue weighted by molar-refractivity contribution is 5.48. The van der Waals surface area contributed by atoms with E-state index in [-0.39, 0.29) is 11.6 Å². The van der Waals surface area contributed by atoms with E-state index in [0.29, 0.717) is 5.92 Å². The standard InChI is InChI=1S/C12H17F3N4/c1-2-3-8-4-5-19(7-8)10-6-9(16)17-11(18-10)12(13,14)15/h6,8H,2-5,7H2,1H3,(H2,16,17,18). The third-order valence-corrected chi connectivity index (χ3v) is 3.29. The van der Waals surface area contributed by atoms with Gasteiger partial charge < -0.3 is 10.6 Å². The normalized spacial score (nSPS) is 20.0. The van der Waals surface area contributed by atoms with Crippen molar-refractivity contribution in [1.82, 2.24) is 9.97 Å².